The van der Waals surface area contributed by atoms with Crippen molar-refractivity contribution in [3.8, 4) is 11.5 Å². The van der Waals surface area contributed by atoms with Gasteiger partial charge in [0.15, 0.2) is 0 Å². The monoisotopic (exact) mass is 383 g/mol. The summed E-state index contributed by atoms with van der Waals surface area (Å²) in [6, 6.07) is 14.6. The molecule has 2 unspecified atom stereocenters. The smallest absolute Gasteiger partial charge is 0.120 e. The molecule has 1 heterocycles. The fourth-order valence-corrected chi connectivity index (χ4v) is 4.32. The molecule has 1 saturated heterocycles. The summed E-state index contributed by atoms with van der Waals surface area (Å²) in [6.07, 6.45) is 2.14. The van der Waals surface area contributed by atoms with Crippen LogP contribution in [0.4, 0.5) is 0 Å². The molecule has 1 aliphatic heterocycles. The van der Waals surface area contributed by atoms with Crippen LogP contribution in [0.15, 0.2) is 42.5 Å². The summed E-state index contributed by atoms with van der Waals surface area (Å²) in [5.41, 5.74) is 3.67. The molecule has 0 spiro atoms. The van der Waals surface area contributed by atoms with Crippen molar-refractivity contribution < 1.29 is 14.6 Å². The third-order valence-corrected chi connectivity index (χ3v) is 5.94. The first kappa shape index (κ1) is 20.7. The molecular formula is C24H33NO3. The van der Waals surface area contributed by atoms with Gasteiger partial charge in [0.05, 0.1) is 20.3 Å². The van der Waals surface area contributed by atoms with Gasteiger partial charge < -0.3 is 14.6 Å². The van der Waals surface area contributed by atoms with Crippen molar-refractivity contribution in [2.24, 2.45) is 0 Å². The van der Waals surface area contributed by atoms with Gasteiger partial charge in [-0.05, 0) is 54.0 Å². The summed E-state index contributed by atoms with van der Waals surface area (Å²) >= 11 is 0. The van der Waals surface area contributed by atoms with E-state index in [9.17, 15) is 5.11 Å². The fourth-order valence-electron chi connectivity index (χ4n) is 4.32. The second-order valence-electron chi connectivity index (χ2n) is 7.58. The number of nitrogens with zero attached hydrogens (tertiary/aromatic N) is 1. The zero-order valence-corrected chi connectivity index (χ0v) is 17.4. The summed E-state index contributed by atoms with van der Waals surface area (Å²) in [5.74, 6) is 2.14. The van der Waals surface area contributed by atoms with Gasteiger partial charge in [-0.2, -0.15) is 0 Å². The Morgan fingerprint density at radius 1 is 0.964 bits per heavy atom. The molecule has 1 aliphatic rings. The topological polar surface area (TPSA) is 41.9 Å². The molecule has 2 aromatic carbocycles. The summed E-state index contributed by atoms with van der Waals surface area (Å²) in [7, 11) is 1.70. The molecule has 2 atom stereocenters. The lowest BCUT2D eigenvalue weighted by Crippen LogP contribution is -2.35. The third kappa shape index (κ3) is 4.86. The molecular weight excluding hydrogens is 350 g/mol. The Morgan fingerprint density at radius 2 is 1.57 bits per heavy atom. The SMILES string of the molecule is CCC(c1ccc(OC)cc1)C(CC)c1ccc(O)c(CN2CCOCC2)c1. The molecule has 4 heteroatoms. The number of phenolic OH excluding ortho intramolecular Hbond substituents is 1. The van der Waals surface area contributed by atoms with E-state index in [4.69, 9.17) is 9.47 Å². The molecule has 0 aliphatic carbocycles. The van der Waals surface area contributed by atoms with Gasteiger partial charge in [0, 0.05) is 25.2 Å². The number of phenols is 1. The van der Waals surface area contributed by atoms with Gasteiger partial charge in [0.25, 0.3) is 0 Å². The van der Waals surface area contributed by atoms with Crippen molar-refractivity contribution in [3.63, 3.8) is 0 Å². The van der Waals surface area contributed by atoms with E-state index in [0.717, 1.165) is 57.0 Å². The van der Waals surface area contributed by atoms with Crippen molar-refractivity contribution >= 4 is 0 Å². The standard InChI is InChI=1S/C24H33NO3/c1-4-22(18-6-9-21(27-3)10-7-18)23(5-2)19-8-11-24(26)20(16-19)17-25-12-14-28-15-13-25/h6-11,16,22-23,26H,4-5,12-15,17H2,1-3H3. The maximum atomic E-state index is 10.4. The van der Waals surface area contributed by atoms with Gasteiger partial charge in [-0.15, -0.1) is 0 Å². The number of benzene rings is 2. The van der Waals surface area contributed by atoms with Gasteiger partial charge in [-0.25, -0.2) is 0 Å². The van der Waals surface area contributed by atoms with E-state index in [1.807, 2.05) is 18.2 Å². The second kappa shape index (κ2) is 9.94. The van der Waals surface area contributed by atoms with Crippen LogP contribution < -0.4 is 4.74 Å². The van der Waals surface area contributed by atoms with Crippen molar-refractivity contribution in [2.75, 3.05) is 33.4 Å². The predicted molar refractivity (Wildman–Crippen MR) is 113 cm³/mol. The van der Waals surface area contributed by atoms with E-state index in [2.05, 4.69) is 43.0 Å². The molecule has 0 aromatic heterocycles. The lowest BCUT2D eigenvalue weighted by molar-refractivity contribution is 0.0339. The van der Waals surface area contributed by atoms with Gasteiger partial charge >= 0.3 is 0 Å². The normalized spacial score (nSPS) is 17.2. The number of morpholine rings is 1. The van der Waals surface area contributed by atoms with Crippen LogP contribution in [-0.4, -0.2) is 43.4 Å². The first-order chi connectivity index (χ1) is 13.7. The minimum absolute atomic E-state index is 0.391. The van der Waals surface area contributed by atoms with E-state index in [-0.39, 0.29) is 0 Å². The molecule has 152 valence electrons. The van der Waals surface area contributed by atoms with E-state index >= 15 is 0 Å². The van der Waals surface area contributed by atoms with Crippen LogP contribution in [0, 0.1) is 0 Å². The molecule has 0 amide bonds. The van der Waals surface area contributed by atoms with E-state index in [1.165, 1.54) is 11.1 Å². The summed E-state index contributed by atoms with van der Waals surface area (Å²) < 4.78 is 10.8. The van der Waals surface area contributed by atoms with Crippen LogP contribution in [0.1, 0.15) is 55.2 Å². The number of ether oxygens (including phenoxy) is 2. The highest BCUT2D eigenvalue weighted by Gasteiger charge is 2.23. The van der Waals surface area contributed by atoms with Crippen LogP contribution in [0.25, 0.3) is 0 Å². The van der Waals surface area contributed by atoms with E-state index in [0.29, 0.717) is 17.6 Å². The maximum Gasteiger partial charge on any atom is 0.120 e. The highest BCUT2D eigenvalue weighted by Crippen LogP contribution is 2.39. The molecule has 0 radical (unpaired) electrons. The van der Waals surface area contributed by atoms with E-state index < -0.39 is 0 Å². The second-order valence-corrected chi connectivity index (χ2v) is 7.58. The molecule has 0 bridgehead atoms. The number of rotatable bonds is 8. The lowest BCUT2D eigenvalue weighted by Gasteiger charge is -2.29. The predicted octanol–water partition coefficient (Wildman–Crippen LogP) is 4.92. The first-order valence-corrected chi connectivity index (χ1v) is 10.4. The van der Waals surface area contributed by atoms with Crippen LogP contribution in [0.5, 0.6) is 11.5 Å². The number of aromatic hydroxyl groups is 1. The van der Waals surface area contributed by atoms with Crippen molar-refractivity contribution in [2.45, 2.75) is 45.1 Å². The quantitative estimate of drug-likeness (QED) is 0.702. The van der Waals surface area contributed by atoms with Gasteiger partial charge in [0.1, 0.15) is 11.5 Å². The molecule has 3 rings (SSSR count). The Hall–Kier alpha value is -2.04. The van der Waals surface area contributed by atoms with E-state index in [1.54, 1.807) is 7.11 Å². The number of methoxy groups -OCH3 is 1. The summed E-state index contributed by atoms with van der Waals surface area (Å²) in [4.78, 5) is 2.35. The zero-order chi connectivity index (χ0) is 19.9. The largest absolute Gasteiger partial charge is 0.508 e. The molecule has 28 heavy (non-hydrogen) atoms. The molecule has 1 N–H and O–H groups in total. The molecule has 2 aromatic rings. The number of hydrogen-bond donors (Lipinski definition) is 1. The van der Waals surface area contributed by atoms with Crippen LogP contribution >= 0.6 is 0 Å². The lowest BCUT2D eigenvalue weighted by atomic mass is 9.78. The highest BCUT2D eigenvalue weighted by atomic mass is 16.5. The van der Waals surface area contributed by atoms with Crippen molar-refractivity contribution in [1.82, 2.24) is 4.90 Å². The molecule has 4 nitrogen and oxygen atoms in total. The van der Waals surface area contributed by atoms with Crippen LogP contribution in [0.3, 0.4) is 0 Å². The Labute approximate surface area is 169 Å². The summed E-state index contributed by atoms with van der Waals surface area (Å²) in [5, 5.41) is 10.4. The first-order valence-electron chi connectivity index (χ1n) is 10.4. The van der Waals surface area contributed by atoms with Gasteiger partial charge in [-0.3, -0.25) is 4.90 Å². The highest BCUT2D eigenvalue weighted by molar-refractivity contribution is 5.40. The average Bonchev–Trinajstić information content (AvgIpc) is 2.74. The summed E-state index contributed by atoms with van der Waals surface area (Å²) in [6.45, 7) is 8.67. The van der Waals surface area contributed by atoms with Crippen LogP contribution in [0.2, 0.25) is 0 Å². The molecule has 0 saturated carbocycles. The van der Waals surface area contributed by atoms with Crippen molar-refractivity contribution in [3.05, 3.63) is 59.2 Å². The van der Waals surface area contributed by atoms with Gasteiger partial charge in [0.2, 0.25) is 0 Å². The fraction of sp³-hybridized carbons (Fsp3) is 0.500. The van der Waals surface area contributed by atoms with Gasteiger partial charge in [-0.1, -0.05) is 38.1 Å². The average molecular weight is 384 g/mol. The minimum atomic E-state index is 0.391. The third-order valence-electron chi connectivity index (χ3n) is 5.94. The molecule has 1 fully saturated rings. The Bertz CT molecular complexity index is 738. The van der Waals surface area contributed by atoms with Crippen molar-refractivity contribution in [1.29, 1.82) is 0 Å². The Morgan fingerprint density at radius 3 is 2.18 bits per heavy atom. The Balaban J connectivity index is 1.84. The Kier molecular flexibility index (Phi) is 7.35. The zero-order valence-electron chi connectivity index (χ0n) is 17.4. The minimum Gasteiger partial charge on any atom is -0.508 e. The maximum absolute atomic E-state index is 10.4. The number of hydrogen-bond acceptors (Lipinski definition) is 4. The van der Waals surface area contributed by atoms with Crippen LogP contribution in [-0.2, 0) is 11.3 Å².